The largest absolute Gasteiger partial charge is 0.350 e. The highest BCUT2D eigenvalue weighted by Crippen LogP contribution is 2.21. The first-order valence-electron chi connectivity index (χ1n) is 5.23. The van der Waals surface area contributed by atoms with Crippen molar-refractivity contribution >= 4 is 43.0 Å². The minimum absolute atomic E-state index is 0.0772. The molecule has 1 atom stereocenters. The fourth-order valence-electron chi connectivity index (χ4n) is 1.22. The lowest BCUT2D eigenvalue weighted by atomic mass is 10.2. The van der Waals surface area contributed by atoms with Crippen molar-refractivity contribution in [1.82, 2.24) is 5.32 Å². The van der Waals surface area contributed by atoms with Gasteiger partial charge >= 0.3 is 0 Å². The van der Waals surface area contributed by atoms with E-state index in [1.165, 1.54) is 11.3 Å². The zero-order valence-electron chi connectivity index (χ0n) is 9.85. The van der Waals surface area contributed by atoms with Crippen LogP contribution in [0.25, 0.3) is 0 Å². The molecule has 1 rings (SSSR count). The van der Waals surface area contributed by atoms with Crippen molar-refractivity contribution < 1.29 is 13.2 Å². The molecule has 0 bridgehead atoms. The van der Waals surface area contributed by atoms with Crippen LogP contribution >= 0.6 is 27.3 Å². The van der Waals surface area contributed by atoms with Crippen LogP contribution < -0.4 is 11.1 Å². The Balaban J connectivity index is 2.36. The lowest BCUT2D eigenvalue weighted by molar-refractivity contribution is -0.122. The standard InChI is InChI=1S/C10H15BrN2O3S2/c1-18(15,16)5-4-8(12)10(14)13-6-7-2-3-9(11)17-7/h2-3,8H,4-6,12H2,1H3,(H,13,14). The van der Waals surface area contributed by atoms with Crippen molar-refractivity contribution in [2.75, 3.05) is 12.0 Å². The van der Waals surface area contributed by atoms with Gasteiger partial charge in [0, 0.05) is 11.1 Å². The van der Waals surface area contributed by atoms with E-state index >= 15 is 0 Å². The number of nitrogens with two attached hydrogens (primary N) is 1. The number of amides is 1. The van der Waals surface area contributed by atoms with Crippen molar-refractivity contribution in [3.8, 4) is 0 Å². The Kier molecular flexibility index (Phi) is 5.77. The van der Waals surface area contributed by atoms with E-state index < -0.39 is 15.9 Å². The number of carbonyl (C=O) groups is 1. The van der Waals surface area contributed by atoms with Crippen LogP contribution in [0.5, 0.6) is 0 Å². The van der Waals surface area contributed by atoms with E-state index in [2.05, 4.69) is 21.2 Å². The molecule has 8 heteroatoms. The summed E-state index contributed by atoms with van der Waals surface area (Å²) in [4.78, 5) is 12.6. The molecule has 1 unspecified atom stereocenters. The van der Waals surface area contributed by atoms with Gasteiger partial charge in [-0.1, -0.05) is 0 Å². The average molecular weight is 355 g/mol. The normalized spacial score (nSPS) is 13.3. The lowest BCUT2D eigenvalue weighted by Gasteiger charge is -2.10. The van der Waals surface area contributed by atoms with E-state index in [0.717, 1.165) is 14.9 Å². The van der Waals surface area contributed by atoms with Gasteiger partial charge < -0.3 is 11.1 Å². The maximum absolute atomic E-state index is 11.6. The number of nitrogens with one attached hydrogen (secondary N) is 1. The van der Waals surface area contributed by atoms with Crippen LogP contribution in [0.1, 0.15) is 11.3 Å². The molecular weight excluding hydrogens is 340 g/mol. The third kappa shape index (κ3) is 5.94. The van der Waals surface area contributed by atoms with Crippen molar-refractivity contribution in [2.24, 2.45) is 5.73 Å². The molecule has 0 radical (unpaired) electrons. The summed E-state index contributed by atoms with van der Waals surface area (Å²) in [5, 5.41) is 2.68. The first-order chi connectivity index (χ1) is 8.28. The molecule has 0 aliphatic heterocycles. The Morgan fingerprint density at radius 1 is 1.56 bits per heavy atom. The van der Waals surface area contributed by atoms with E-state index in [9.17, 15) is 13.2 Å². The average Bonchev–Trinajstić information content (AvgIpc) is 2.67. The number of halogens is 1. The van der Waals surface area contributed by atoms with Crippen LogP contribution in [-0.2, 0) is 21.2 Å². The molecule has 3 N–H and O–H groups in total. The molecule has 0 fully saturated rings. The smallest absolute Gasteiger partial charge is 0.237 e. The van der Waals surface area contributed by atoms with Crippen LogP contribution in [0.4, 0.5) is 0 Å². The van der Waals surface area contributed by atoms with Crippen LogP contribution in [0.2, 0.25) is 0 Å². The second-order valence-electron chi connectivity index (χ2n) is 3.95. The number of carbonyl (C=O) groups excluding carboxylic acids is 1. The van der Waals surface area contributed by atoms with Gasteiger partial charge in [0.15, 0.2) is 0 Å². The highest BCUT2D eigenvalue weighted by Gasteiger charge is 2.15. The molecule has 5 nitrogen and oxygen atoms in total. The number of hydrogen-bond acceptors (Lipinski definition) is 5. The lowest BCUT2D eigenvalue weighted by Crippen LogP contribution is -2.41. The molecule has 1 aromatic heterocycles. The molecule has 102 valence electrons. The second-order valence-corrected chi connectivity index (χ2v) is 8.76. The molecule has 0 aliphatic carbocycles. The van der Waals surface area contributed by atoms with Gasteiger partial charge in [0.25, 0.3) is 0 Å². The van der Waals surface area contributed by atoms with Gasteiger partial charge in [-0.3, -0.25) is 4.79 Å². The fourth-order valence-corrected chi connectivity index (χ4v) is 3.33. The molecule has 0 aromatic carbocycles. The molecular formula is C10H15BrN2O3S2. The second kappa shape index (κ2) is 6.65. The Labute approximate surface area is 119 Å². The third-order valence-corrected chi connectivity index (χ3v) is 4.80. The summed E-state index contributed by atoms with van der Waals surface area (Å²) in [5.41, 5.74) is 5.61. The van der Waals surface area contributed by atoms with E-state index in [0.29, 0.717) is 6.54 Å². The molecule has 0 aliphatic rings. The molecule has 0 saturated heterocycles. The summed E-state index contributed by atoms with van der Waals surface area (Å²) < 4.78 is 22.9. The summed E-state index contributed by atoms with van der Waals surface area (Å²) in [5.74, 6) is -0.408. The van der Waals surface area contributed by atoms with E-state index in [-0.39, 0.29) is 18.1 Å². The van der Waals surface area contributed by atoms with Crippen molar-refractivity contribution in [3.05, 3.63) is 20.8 Å². The highest BCUT2D eigenvalue weighted by molar-refractivity contribution is 9.11. The number of sulfone groups is 1. The molecule has 1 amide bonds. The topological polar surface area (TPSA) is 89.3 Å². The van der Waals surface area contributed by atoms with Gasteiger partial charge in [0.05, 0.1) is 22.1 Å². The molecule has 0 spiro atoms. The molecule has 18 heavy (non-hydrogen) atoms. The van der Waals surface area contributed by atoms with Gasteiger partial charge in [-0.25, -0.2) is 8.42 Å². The van der Waals surface area contributed by atoms with E-state index in [4.69, 9.17) is 5.73 Å². The maximum atomic E-state index is 11.6. The Bertz CT molecular complexity index is 513. The number of hydrogen-bond donors (Lipinski definition) is 2. The first kappa shape index (κ1) is 15.6. The zero-order valence-corrected chi connectivity index (χ0v) is 13.1. The van der Waals surface area contributed by atoms with Gasteiger partial charge in [0.2, 0.25) is 5.91 Å². The van der Waals surface area contributed by atoms with Crippen molar-refractivity contribution in [3.63, 3.8) is 0 Å². The minimum Gasteiger partial charge on any atom is -0.350 e. The predicted molar refractivity (Wildman–Crippen MR) is 76.2 cm³/mol. The summed E-state index contributed by atoms with van der Waals surface area (Å²) in [6, 6.07) is 3.01. The molecule has 1 heterocycles. The third-order valence-electron chi connectivity index (χ3n) is 2.20. The van der Waals surface area contributed by atoms with Crippen LogP contribution in [-0.4, -0.2) is 32.4 Å². The van der Waals surface area contributed by atoms with Crippen molar-refractivity contribution in [1.29, 1.82) is 0 Å². The van der Waals surface area contributed by atoms with Gasteiger partial charge in [0.1, 0.15) is 9.84 Å². The minimum atomic E-state index is -3.08. The maximum Gasteiger partial charge on any atom is 0.237 e. The fraction of sp³-hybridized carbons (Fsp3) is 0.500. The van der Waals surface area contributed by atoms with Crippen LogP contribution in [0.3, 0.4) is 0 Å². The quantitative estimate of drug-likeness (QED) is 0.793. The monoisotopic (exact) mass is 354 g/mol. The molecule has 1 aromatic rings. The van der Waals surface area contributed by atoms with Gasteiger partial charge in [-0.2, -0.15) is 0 Å². The van der Waals surface area contributed by atoms with Gasteiger partial charge in [-0.05, 0) is 34.5 Å². The Hall–Kier alpha value is -0.440. The predicted octanol–water partition coefficient (Wildman–Crippen LogP) is 0.889. The summed E-state index contributed by atoms with van der Waals surface area (Å²) in [6.45, 7) is 0.404. The Morgan fingerprint density at radius 2 is 2.22 bits per heavy atom. The van der Waals surface area contributed by atoms with E-state index in [1.807, 2.05) is 12.1 Å². The van der Waals surface area contributed by atoms with E-state index in [1.54, 1.807) is 0 Å². The first-order valence-corrected chi connectivity index (χ1v) is 8.90. The Morgan fingerprint density at radius 3 is 2.72 bits per heavy atom. The number of rotatable bonds is 6. The van der Waals surface area contributed by atoms with Gasteiger partial charge in [-0.15, -0.1) is 11.3 Å². The van der Waals surface area contributed by atoms with Crippen molar-refractivity contribution in [2.45, 2.75) is 19.0 Å². The summed E-state index contributed by atoms with van der Waals surface area (Å²) in [6.07, 6.45) is 1.26. The van der Waals surface area contributed by atoms with Crippen LogP contribution in [0, 0.1) is 0 Å². The molecule has 0 saturated carbocycles. The number of thiophene rings is 1. The summed E-state index contributed by atoms with van der Waals surface area (Å²) in [7, 11) is -3.08. The summed E-state index contributed by atoms with van der Waals surface area (Å²) >= 11 is 4.85. The highest BCUT2D eigenvalue weighted by atomic mass is 79.9. The SMILES string of the molecule is CS(=O)(=O)CCC(N)C(=O)NCc1ccc(Br)s1. The van der Waals surface area contributed by atoms with Crippen LogP contribution in [0.15, 0.2) is 15.9 Å². The zero-order chi connectivity index (χ0) is 13.8.